The Bertz CT molecular complexity index is 494. The van der Waals surface area contributed by atoms with E-state index < -0.39 is 0 Å². The fraction of sp³-hybridized carbons (Fsp3) is 0.533. The number of carbonyl (C=O) groups is 1. The van der Waals surface area contributed by atoms with Gasteiger partial charge in [-0.25, -0.2) is 0 Å². The van der Waals surface area contributed by atoms with E-state index in [9.17, 15) is 4.79 Å². The number of carbonyl (C=O) groups excluding carboxylic acids is 1. The molecule has 1 saturated carbocycles. The number of rotatable bonds is 2. The van der Waals surface area contributed by atoms with Gasteiger partial charge in [-0.1, -0.05) is 23.7 Å². The van der Waals surface area contributed by atoms with Crippen LogP contribution in [0.15, 0.2) is 24.3 Å². The normalized spacial score (nSPS) is 29.6. The standard InChI is InChI=1S/C15H18ClNO3/c16-12-4-2-1-3-11(12)15(18)17-10-5-6-13-14(9-10)20-8-7-19-13/h1-4,10,13-14H,5-9H2,(H,17,18)/t10-,13+,14+/m1/s1. The number of nitrogens with one attached hydrogen (secondary N) is 1. The van der Waals surface area contributed by atoms with E-state index in [0.29, 0.717) is 23.8 Å². The molecule has 1 aliphatic carbocycles. The summed E-state index contributed by atoms with van der Waals surface area (Å²) in [6.45, 7) is 1.32. The van der Waals surface area contributed by atoms with E-state index in [0.717, 1.165) is 19.3 Å². The first-order valence-electron chi connectivity index (χ1n) is 7.02. The smallest absolute Gasteiger partial charge is 0.253 e. The first-order chi connectivity index (χ1) is 9.74. The second kappa shape index (κ2) is 6.12. The summed E-state index contributed by atoms with van der Waals surface area (Å²) in [6.07, 6.45) is 2.95. The van der Waals surface area contributed by atoms with E-state index in [-0.39, 0.29) is 24.2 Å². The number of benzene rings is 1. The molecule has 4 nitrogen and oxygen atoms in total. The van der Waals surface area contributed by atoms with Crippen LogP contribution >= 0.6 is 11.6 Å². The monoisotopic (exact) mass is 295 g/mol. The molecule has 2 fully saturated rings. The van der Waals surface area contributed by atoms with Gasteiger partial charge >= 0.3 is 0 Å². The van der Waals surface area contributed by atoms with Crippen LogP contribution in [0.3, 0.4) is 0 Å². The molecular weight excluding hydrogens is 278 g/mol. The minimum absolute atomic E-state index is 0.106. The van der Waals surface area contributed by atoms with Crippen LogP contribution in [0.2, 0.25) is 5.02 Å². The first-order valence-corrected chi connectivity index (χ1v) is 7.40. The summed E-state index contributed by atoms with van der Waals surface area (Å²) < 4.78 is 11.4. The third-order valence-electron chi connectivity index (χ3n) is 3.93. The number of halogens is 1. The van der Waals surface area contributed by atoms with Gasteiger partial charge in [0.15, 0.2) is 0 Å². The fourth-order valence-corrected chi connectivity index (χ4v) is 3.13. The molecule has 0 radical (unpaired) electrons. The summed E-state index contributed by atoms with van der Waals surface area (Å²) in [5.41, 5.74) is 0.525. The van der Waals surface area contributed by atoms with Gasteiger partial charge in [0.1, 0.15) is 0 Å². The van der Waals surface area contributed by atoms with Crippen molar-refractivity contribution in [2.75, 3.05) is 13.2 Å². The molecule has 5 heteroatoms. The Hall–Kier alpha value is -1.10. The van der Waals surface area contributed by atoms with Crippen molar-refractivity contribution in [3.8, 4) is 0 Å². The predicted octanol–water partition coefficient (Wildman–Crippen LogP) is 2.41. The van der Waals surface area contributed by atoms with Crippen molar-refractivity contribution in [2.45, 2.75) is 37.5 Å². The molecule has 0 aromatic heterocycles. The highest BCUT2D eigenvalue weighted by Crippen LogP contribution is 2.27. The molecular formula is C15H18ClNO3. The van der Waals surface area contributed by atoms with Crippen LogP contribution in [-0.4, -0.2) is 37.4 Å². The highest BCUT2D eigenvalue weighted by atomic mass is 35.5. The van der Waals surface area contributed by atoms with Crippen LogP contribution in [0.1, 0.15) is 29.6 Å². The lowest BCUT2D eigenvalue weighted by atomic mass is 9.89. The van der Waals surface area contributed by atoms with Gasteiger partial charge in [0.05, 0.1) is 36.0 Å². The van der Waals surface area contributed by atoms with Crippen molar-refractivity contribution < 1.29 is 14.3 Å². The summed E-state index contributed by atoms with van der Waals surface area (Å²) in [5, 5.41) is 3.53. The highest BCUT2D eigenvalue weighted by Gasteiger charge is 2.34. The van der Waals surface area contributed by atoms with E-state index in [1.807, 2.05) is 12.1 Å². The molecule has 20 heavy (non-hydrogen) atoms. The second-order valence-corrected chi connectivity index (χ2v) is 5.69. The Balaban J connectivity index is 1.61. The maximum atomic E-state index is 12.2. The maximum Gasteiger partial charge on any atom is 0.253 e. The third-order valence-corrected chi connectivity index (χ3v) is 4.26. The van der Waals surface area contributed by atoms with Gasteiger partial charge in [-0.05, 0) is 31.4 Å². The van der Waals surface area contributed by atoms with Gasteiger partial charge in [-0.2, -0.15) is 0 Å². The average molecular weight is 296 g/mol. The summed E-state index contributed by atoms with van der Waals surface area (Å²) in [7, 11) is 0. The van der Waals surface area contributed by atoms with Gasteiger partial charge in [-0.3, -0.25) is 4.79 Å². The molecule has 2 aliphatic rings. The molecule has 1 heterocycles. The summed E-state index contributed by atoms with van der Waals surface area (Å²) in [6, 6.07) is 7.23. The zero-order valence-electron chi connectivity index (χ0n) is 11.2. The number of hydrogen-bond acceptors (Lipinski definition) is 3. The van der Waals surface area contributed by atoms with Crippen molar-refractivity contribution in [1.29, 1.82) is 0 Å². The van der Waals surface area contributed by atoms with Crippen LogP contribution in [-0.2, 0) is 9.47 Å². The highest BCUT2D eigenvalue weighted by molar-refractivity contribution is 6.33. The Labute approximate surface area is 123 Å². The van der Waals surface area contributed by atoms with Crippen LogP contribution in [0.5, 0.6) is 0 Å². The molecule has 3 rings (SSSR count). The quantitative estimate of drug-likeness (QED) is 0.911. The van der Waals surface area contributed by atoms with Gasteiger partial charge in [-0.15, -0.1) is 0 Å². The Morgan fingerprint density at radius 3 is 2.70 bits per heavy atom. The molecule has 1 aromatic rings. The molecule has 1 amide bonds. The third kappa shape index (κ3) is 2.97. The van der Waals surface area contributed by atoms with Gasteiger partial charge in [0, 0.05) is 6.04 Å². The minimum Gasteiger partial charge on any atom is -0.373 e. The number of hydrogen-bond donors (Lipinski definition) is 1. The van der Waals surface area contributed by atoms with Crippen LogP contribution in [0.4, 0.5) is 0 Å². The second-order valence-electron chi connectivity index (χ2n) is 5.28. The topological polar surface area (TPSA) is 47.6 Å². The molecule has 0 spiro atoms. The van der Waals surface area contributed by atoms with Crippen molar-refractivity contribution in [1.82, 2.24) is 5.32 Å². The van der Waals surface area contributed by atoms with E-state index in [2.05, 4.69) is 5.32 Å². The average Bonchev–Trinajstić information content (AvgIpc) is 2.47. The first kappa shape index (κ1) is 13.9. The summed E-state index contributed by atoms with van der Waals surface area (Å²) in [4.78, 5) is 12.2. The predicted molar refractivity (Wildman–Crippen MR) is 76.0 cm³/mol. The summed E-state index contributed by atoms with van der Waals surface area (Å²) >= 11 is 6.04. The van der Waals surface area contributed by atoms with Gasteiger partial charge in [0.2, 0.25) is 0 Å². The largest absolute Gasteiger partial charge is 0.373 e. The molecule has 0 bridgehead atoms. The molecule has 108 valence electrons. The molecule has 1 aromatic carbocycles. The van der Waals surface area contributed by atoms with Crippen LogP contribution in [0.25, 0.3) is 0 Å². The number of fused-ring (bicyclic) bond motifs is 1. The zero-order valence-corrected chi connectivity index (χ0v) is 11.9. The lowest BCUT2D eigenvalue weighted by Gasteiger charge is -2.39. The Morgan fingerprint density at radius 2 is 1.90 bits per heavy atom. The van der Waals surface area contributed by atoms with Gasteiger partial charge < -0.3 is 14.8 Å². The maximum absolute atomic E-state index is 12.2. The van der Waals surface area contributed by atoms with E-state index in [1.54, 1.807) is 12.1 Å². The summed E-state index contributed by atoms with van der Waals surface area (Å²) in [5.74, 6) is -0.115. The van der Waals surface area contributed by atoms with Crippen molar-refractivity contribution in [3.63, 3.8) is 0 Å². The zero-order chi connectivity index (χ0) is 13.9. The minimum atomic E-state index is -0.115. The lowest BCUT2D eigenvalue weighted by molar-refractivity contribution is -0.157. The number of ether oxygens (including phenoxy) is 2. The van der Waals surface area contributed by atoms with Crippen molar-refractivity contribution in [3.05, 3.63) is 34.9 Å². The molecule has 0 unspecified atom stereocenters. The molecule has 1 aliphatic heterocycles. The van der Waals surface area contributed by atoms with E-state index in [4.69, 9.17) is 21.1 Å². The fourth-order valence-electron chi connectivity index (χ4n) is 2.91. The van der Waals surface area contributed by atoms with Crippen LogP contribution in [0, 0.1) is 0 Å². The Kier molecular flexibility index (Phi) is 4.24. The SMILES string of the molecule is O=C(N[C@@H]1CC[C@@H]2OCCO[C@H]2C1)c1ccccc1Cl. The molecule has 1 N–H and O–H groups in total. The van der Waals surface area contributed by atoms with E-state index >= 15 is 0 Å². The number of amides is 1. The Morgan fingerprint density at radius 1 is 1.15 bits per heavy atom. The van der Waals surface area contributed by atoms with Crippen molar-refractivity contribution in [2.24, 2.45) is 0 Å². The van der Waals surface area contributed by atoms with Crippen molar-refractivity contribution >= 4 is 17.5 Å². The van der Waals surface area contributed by atoms with Gasteiger partial charge in [0.25, 0.3) is 5.91 Å². The lowest BCUT2D eigenvalue weighted by Crippen LogP contribution is -2.49. The van der Waals surface area contributed by atoms with E-state index in [1.165, 1.54) is 0 Å². The molecule has 1 saturated heterocycles. The molecule has 3 atom stereocenters. The van der Waals surface area contributed by atoms with Crippen LogP contribution < -0.4 is 5.32 Å².